The molecule has 21 heavy (non-hydrogen) atoms. The topological polar surface area (TPSA) is 63.7 Å². The summed E-state index contributed by atoms with van der Waals surface area (Å²) in [5.74, 6) is -0.679. The van der Waals surface area contributed by atoms with Gasteiger partial charge in [0.25, 0.3) is 0 Å². The van der Waals surface area contributed by atoms with E-state index in [-0.39, 0.29) is 23.8 Å². The maximum Gasteiger partial charge on any atom is 0.340 e. The normalized spacial score (nSPS) is 19.9. The van der Waals surface area contributed by atoms with Gasteiger partial charge in [-0.25, -0.2) is 13.2 Å². The van der Waals surface area contributed by atoms with Crippen LogP contribution in [0, 0.1) is 5.92 Å². The van der Waals surface area contributed by atoms with Crippen LogP contribution in [0.3, 0.4) is 0 Å². The lowest BCUT2D eigenvalue weighted by Crippen LogP contribution is -2.27. The van der Waals surface area contributed by atoms with Crippen molar-refractivity contribution in [1.29, 1.82) is 0 Å². The van der Waals surface area contributed by atoms with E-state index in [4.69, 9.17) is 27.9 Å². The third-order valence-electron chi connectivity index (χ3n) is 3.33. The Morgan fingerprint density at radius 2 is 2.00 bits per heavy atom. The van der Waals surface area contributed by atoms with E-state index >= 15 is 0 Å². The molecular formula is C13H15Cl2NO4S. The average molecular weight is 352 g/mol. The molecule has 8 heteroatoms. The van der Waals surface area contributed by atoms with E-state index in [9.17, 15) is 13.2 Å². The van der Waals surface area contributed by atoms with E-state index in [0.717, 1.165) is 10.6 Å². The molecule has 0 bridgehead atoms. The first-order valence-corrected chi connectivity index (χ1v) is 8.81. The van der Waals surface area contributed by atoms with Crippen molar-refractivity contribution in [3.05, 3.63) is 29.8 Å². The molecule has 116 valence electrons. The zero-order valence-corrected chi connectivity index (χ0v) is 13.9. The van der Waals surface area contributed by atoms with Crippen LogP contribution in [0.5, 0.6) is 0 Å². The van der Waals surface area contributed by atoms with E-state index in [1.807, 2.05) is 0 Å². The van der Waals surface area contributed by atoms with Crippen molar-refractivity contribution in [3.63, 3.8) is 0 Å². The second-order valence-electron chi connectivity index (χ2n) is 5.01. The molecule has 1 atom stereocenters. The smallest absolute Gasteiger partial charge is 0.340 e. The Hall–Kier alpha value is -0.980. The van der Waals surface area contributed by atoms with Crippen LogP contribution in [0.2, 0.25) is 0 Å². The van der Waals surface area contributed by atoms with Crippen LogP contribution in [0.4, 0.5) is 5.69 Å². The number of nitrogens with zero attached hydrogens (tertiary/aromatic N) is 1. The molecule has 5 nitrogen and oxygen atoms in total. The first-order chi connectivity index (χ1) is 9.63. The zero-order valence-electron chi connectivity index (χ0n) is 11.5. The van der Waals surface area contributed by atoms with Crippen LogP contribution in [0.25, 0.3) is 0 Å². The van der Waals surface area contributed by atoms with Gasteiger partial charge in [0.05, 0.1) is 24.1 Å². The van der Waals surface area contributed by atoms with Gasteiger partial charge in [0, 0.05) is 13.0 Å². The number of benzene rings is 1. The molecule has 0 aromatic heterocycles. The summed E-state index contributed by atoms with van der Waals surface area (Å²) in [5.41, 5.74) is 0.449. The second-order valence-corrected chi connectivity index (χ2v) is 8.56. The van der Waals surface area contributed by atoms with Crippen LogP contribution in [0.1, 0.15) is 16.8 Å². The molecule has 0 amide bonds. The van der Waals surface area contributed by atoms with Gasteiger partial charge in [0.2, 0.25) is 10.0 Å². The van der Waals surface area contributed by atoms with Gasteiger partial charge in [-0.3, -0.25) is 4.31 Å². The lowest BCUT2D eigenvalue weighted by molar-refractivity contribution is 0.0486. The summed E-state index contributed by atoms with van der Waals surface area (Å²) >= 11 is 11.7. The lowest BCUT2D eigenvalue weighted by atomic mass is 10.2. The number of esters is 1. The first-order valence-electron chi connectivity index (χ1n) is 6.21. The summed E-state index contributed by atoms with van der Waals surface area (Å²) in [6, 6.07) is 6.35. The Morgan fingerprint density at radius 1 is 1.43 bits per heavy atom. The van der Waals surface area contributed by atoms with E-state index < -0.39 is 20.3 Å². The number of sulfonamides is 1. The summed E-state index contributed by atoms with van der Waals surface area (Å²) in [5, 5.41) is 0. The number of para-hydroxylation sites is 1. The quantitative estimate of drug-likeness (QED) is 0.603. The van der Waals surface area contributed by atoms with Crippen molar-refractivity contribution in [2.24, 2.45) is 5.92 Å². The van der Waals surface area contributed by atoms with Gasteiger partial charge in [-0.05, 0) is 18.6 Å². The molecule has 1 saturated carbocycles. The molecule has 2 rings (SSSR count). The summed E-state index contributed by atoms with van der Waals surface area (Å²) in [7, 11) is -2.09. The minimum Gasteiger partial charge on any atom is -0.462 e. The molecule has 1 aliphatic rings. The molecule has 0 saturated heterocycles. The van der Waals surface area contributed by atoms with Crippen molar-refractivity contribution >= 4 is 44.9 Å². The molecular weight excluding hydrogens is 337 g/mol. The van der Waals surface area contributed by atoms with E-state index in [0.29, 0.717) is 6.42 Å². The Bertz CT molecular complexity index is 660. The highest BCUT2D eigenvalue weighted by Crippen LogP contribution is 2.53. The number of carbonyl (C=O) groups excluding carboxylic acids is 1. The van der Waals surface area contributed by atoms with Gasteiger partial charge in [0.15, 0.2) is 0 Å². The van der Waals surface area contributed by atoms with Crippen LogP contribution < -0.4 is 4.31 Å². The molecule has 1 unspecified atom stereocenters. The Balaban J connectivity index is 2.14. The minimum atomic E-state index is -3.47. The highest BCUT2D eigenvalue weighted by molar-refractivity contribution is 7.92. The van der Waals surface area contributed by atoms with E-state index in [1.54, 1.807) is 18.2 Å². The molecule has 0 spiro atoms. The molecule has 1 aliphatic carbocycles. The number of hydrogen-bond acceptors (Lipinski definition) is 4. The van der Waals surface area contributed by atoms with Crippen LogP contribution in [0.15, 0.2) is 24.3 Å². The number of alkyl halides is 2. The van der Waals surface area contributed by atoms with Gasteiger partial charge < -0.3 is 4.74 Å². The molecule has 1 aromatic carbocycles. The standard InChI is InChI=1S/C13H15Cl2NO4S/c1-16(21(2,18)19)11-6-4-3-5-10(11)12(17)20-8-9-7-13(9,14)15/h3-6,9H,7-8H2,1-2H3. The third kappa shape index (κ3) is 3.81. The first kappa shape index (κ1) is 16.4. The number of anilines is 1. The predicted octanol–water partition coefficient (Wildman–Crippen LogP) is 2.43. The van der Waals surface area contributed by atoms with Crippen molar-refractivity contribution in [2.45, 2.75) is 10.8 Å². The Labute approximate surface area is 133 Å². The minimum absolute atomic E-state index is 0.0791. The predicted molar refractivity (Wildman–Crippen MR) is 82.5 cm³/mol. The second kappa shape index (κ2) is 5.66. The van der Waals surface area contributed by atoms with E-state index in [2.05, 4.69) is 0 Å². The number of halogens is 2. The average Bonchev–Trinajstić information content (AvgIpc) is 3.01. The van der Waals surface area contributed by atoms with Gasteiger partial charge in [-0.1, -0.05) is 12.1 Å². The van der Waals surface area contributed by atoms with Gasteiger partial charge in [-0.2, -0.15) is 0 Å². The summed E-state index contributed by atoms with van der Waals surface area (Å²) in [6.45, 7) is 0.114. The molecule has 0 radical (unpaired) electrons. The number of rotatable bonds is 5. The maximum absolute atomic E-state index is 12.1. The Morgan fingerprint density at radius 3 is 2.52 bits per heavy atom. The third-order valence-corrected chi connectivity index (χ3v) is 5.45. The molecule has 0 aliphatic heterocycles. The van der Waals surface area contributed by atoms with Gasteiger partial charge in [-0.15, -0.1) is 23.2 Å². The lowest BCUT2D eigenvalue weighted by Gasteiger charge is -2.19. The largest absolute Gasteiger partial charge is 0.462 e. The molecule has 0 N–H and O–H groups in total. The van der Waals surface area contributed by atoms with Crippen LogP contribution in [-0.4, -0.2) is 38.6 Å². The highest BCUT2D eigenvalue weighted by Gasteiger charge is 2.52. The monoisotopic (exact) mass is 351 g/mol. The van der Waals surface area contributed by atoms with Crippen LogP contribution in [-0.2, 0) is 14.8 Å². The summed E-state index contributed by atoms with van der Waals surface area (Å²) in [4.78, 5) is 12.1. The van der Waals surface area contributed by atoms with Gasteiger partial charge >= 0.3 is 5.97 Å². The van der Waals surface area contributed by atoms with Gasteiger partial charge in [0.1, 0.15) is 4.33 Å². The number of carbonyl (C=O) groups is 1. The summed E-state index contributed by atoms with van der Waals surface area (Å²) < 4.78 is 28.6. The SMILES string of the molecule is CN(c1ccccc1C(=O)OCC1CC1(Cl)Cl)S(C)(=O)=O. The summed E-state index contributed by atoms with van der Waals surface area (Å²) in [6.07, 6.45) is 1.64. The van der Waals surface area contributed by atoms with Crippen molar-refractivity contribution in [2.75, 3.05) is 24.2 Å². The maximum atomic E-state index is 12.1. The molecule has 1 aromatic rings. The zero-order chi connectivity index (χ0) is 15.8. The number of ether oxygens (including phenoxy) is 1. The fraction of sp³-hybridized carbons (Fsp3) is 0.462. The van der Waals surface area contributed by atoms with E-state index in [1.165, 1.54) is 13.1 Å². The molecule has 0 heterocycles. The van der Waals surface area contributed by atoms with Crippen LogP contribution >= 0.6 is 23.2 Å². The van der Waals surface area contributed by atoms with Crippen molar-refractivity contribution in [1.82, 2.24) is 0 Å². The van der Waals surface area contributed by atoms with Crippen molar-refractivity contribution < 1.29 is 17.9 Å². The van der Waals surface area contributed by atoms with Crippen molar-refractivity contribution in [3.8, 4) is 0 Å². The number of hydrogen-bond donors (Lipinski definition) is 0. The Kier molecular flexibility index (Phi) is 4.42. The fourth-order valence-corrected chi connectivity index (χ4v) is 2.82. The fourth-order valence-electron chi connectivity index (χ4n) is 1.80. The highest BCUT2D eigenvalue weighted by atomic mass is 35.5. The molecule has 1 fully saturated rings.